The second-order valence-electron chi connectivity index (χ2n) is 4.72. The summed E-state index contributed by atoms with van der Waals surface area (Å²) in [5.41, 5.74) is 0.0507. The number of carbonyl (C=O) groups is 2. The average molecular weight is 339 g/mol. The van der Waals surface area contributed by atoms with Gasteiger partial charge in [-0.3, -0.25) is 0 Å². The number of thiazole rings is 1. The molecule has 0 aliphatic rings. The summed E-state index contributed by atoms with van der Waals surface area (Å²) in [5, 5.41) is 15.8. The number of nitrogens with zero attached hydrogens (tertiary/aromatic N) is 2. The van der Waals surface area contributed by atoms with Gasteiger partial charge in [-0.2, -0.15) is 0 Å². The highest BCUT2D eigenvalue weighted by atomic mass is 32.1. The number of amides is 2. The van der Waals surface area contributed by atoms with Crippen LogP contribution in [0.1, 0.15) is 33.3 Å². The smallest absolute Gasteiger partial charge is 0.355 e. The number of aromatic carboxylic acids is 1. The number of carboxylic acid groups (broad SMARTS) is 1. The quantitative estimate of drug-likeness (QED) is 0.848. The minimum Gasteiger partial charge on any atom is -0.476 e. The van der Waals surface area contributed by atoms with Crippen molar-refractivity contribution < 1.29 is 14.7 Å². The van der Waals surface area contributed by atoms with Crippen molar-refractivity contribution in [3.8, 4) is 0 Å². The van der Waals surface area contributed by atoms with E-state index in [0.29, 0.717) is 18.0 Å². The van der Waals surface area contributed by atoms with Crippen molar-refractivity contribution in [2.75, 3.05) is 13.6 Å². The normalized spacial score (nSPS) is 11.9. The molecule has 8 heteroatoms. The van der Waals surface area contributed by atoms with E-state index in [4.69, 9.17) is 5.11 Å². The summed E-state index contributed by atoms with van der Waals surface area (Å²) in [6, 6.07) is 3.82. The second kappa shape index (κ2) is 7.37. The molecule has 2 amide bonds. The molecule has 0 bridgehead atoms. The van der Waals surface area contributed by atoms with Gasteiger partial charge in [0, 0.05) is 30.3 Å². The molecular weight excluding hydrogens is 322 g/mol. The highest BCUT2D eigenvalue weighted by Gasteiger charge is 2.17. The van der Waals surface area contributed by atoms with Crippen LogP contribution in [0.5, 0.6) is 0 Å². The summed E-state index contributed by atoms with van der Waals surface area (Å²) in [4.78, 5) is 29.6. The summed E-state index contributed by atoms with van der Waals surface area (Å²) < 4.78 is 0. The summed E-state index contributed by atoms with van der Waals surface area (Å²) in [6.45, 7) is 2.40. The van der Waals surface area contributed by atoms with E-state index in [0.717, 1.165) is 4.88 Å². The Bertz CT molecular complexity index is 640. The molecule has 0 aliphatic heterocycles. The van der Waals surface area contributed by atoms with Crippen molar-refractivity contribution in [2.24, 2.45) is 0 Å². The van der Waals surface area contributed by atoms with E-state index < -0.39 is 5.97 Å². The Labute approximate surface area is 136 Å². The number of carboxylic acids is 1. The van der Waals surface area contributed by atoms with Crippen LogP contribution in [0.4, 0.5) is 4.79 Å². The van der Waals surface area contributed by atoms with Crippen LogP contribution < -0.4 is 5.32 Å². The third-order valence-corrected chi connectivity index (χ3v) is 5.19. The van der Waals surface area contributed by atoms with E-state index in [1.54, 1.807) is 23.3 Å². The number of aromatic nitrogens is 1. The molecule has 2 aromatic heterocycles. The van der Waals surface area contributed by atoms with Crippen molar-refractivity contribution in [1.82, 2.24) is 15.2 Å². The van der Waals surface area contributed by atoms with Crippen molar-refractivity contribution in [1.29, 1.82) is 0 Å². The number of nitrogens with one attached hydrogen (secondary N) is 1. The van der Waals surface area contributed by atoms with Crippen LogP contribution in [0.2, 0.25) is 0 Å². The maximum absolute atomic E-state index is 12.1. The highest BCUT2D eigenvalue weighted by Crippen LogP contribution is 2.23. The molecule has 0 saturated heterocycles. The molecule has 118 valence electrons. The molecule has 6 nitrogen and oxygen atoms in total. The lowest BCUT2D eigenvalue weighted by Crippen LogP contribution is -2.39. The molecule has 0 spiro atoms. The standard InChI is InChI=1S/C14H17N3O3S2/c1-9(11-4-3-7-21-11)17(2)14(20)15-6-5-12-16-10(8-22-12)13(18)19/h3-4,7-9H,5-6H2,1-2H3,(H,15,20)(H,18,19). The summed E-state index contributed by atoms with van der Waals surface area (Å²) in [7, 11) is 1.76. The summed E-state index contributed by atoms with van der Waals surface area (Å²) in [6.07, 6.45) is 0.519. The van der Waals surface area contributed by atoms with Crippen LogP contribution in [0.3, 0.4) is 0 Å². The van der Waals surface area contributed by atoms with Crippen LogP contribution in [0, 0.1) is 0 Å². The van der Waals surface area contributed by atoms with Gasteiger partial charge in [0.15, 0.2) is 5.69 Å². The predicted molar refractivity (Wildman–Crippen MR) is 86.7 cm³/mol. The van der Waals surface area contributed by atoms with Gasteiger partial charge in [-0.05, 0) is 18.4 Å². The highest BCUT2D eigenvalue weighted by molar-refractivity contribution is 7.10. The van der Waals surface area contributed by atoms with E-state index in [2.05, 4.69) is 10.3 Å². The first-order valence-corrected chi connectivity index (χ1v) is 8.46. The Kier molecular flexibility index (Phi) is 5.51. The Morgan fingerprint density at radius 3 is 2.82 bits per heavy atom. The van der Waals surface area contributed by atoms with Crippen molar-refractivity contribution in [3.63, 3.8) is 0 Å². The number of carbonyl (C=O) groups excluding carboxylic acids is 1. The molecule has 2 aromatic rings. The van der Waals surface area contributed by atoms with Gasteiger partial charge in [0.2, 0.25) is 0 Å². The minimum absolute atomic E-state index is 0.0125. The maximum Gasteiger partial charge on any atom is 0.355 e. The zero-order chi connectivity index (χ0) is 16.1. The Morgan fingerprint density at radius 1 is 1.45 bits per heavy atom. The second-order valence-corrected chi connectivity index (χ2v) is 6.64. The van der Waals surface area contributed by atoms with Crippen LogP contribution >= 0.6 is 22.7 Å². The van der Waals surface area contributed by atoms with E-state index in [1.165, 1.54) is 16.7 Å². The zero-order valence-corrected chi connectivity index (χ0v) is 13.9. The topological polar surface area (TPSA) is 82.5 Å². The number of urea groups is 1. The van der Waals surface area contributed by atoms with Gasteiger partial charge in [-0.1, -0.05) is 6.07 Å². The van der Waals surface area contributed by atoms with Gasteiger partial charge in [0.05, 0.1) is 11.0 Å². The summed E-state index contributed by atoms with van der Waals surface area (Å²) >= 11 is 2.90. The predicted octanol–water partition coefficient (Wildman–Crippen LogP) is 2.85. The van der Waals surface area contributed by atoms with E-state index in [9.17, 15) is 9.59 Å². The Hall–Kier alpha value is -1.93. The van der Waals surface area contributed by atoms with Gasteiger partial charge in [0.25, 0.3) is 0 Å². The van der Waals surface area contributed by atoms with Crippen molar-refractivity contribution >= 4 is 34.7 Å². The number of rotatable bonds is 6. The van der Waals surface area contributed by atoms with Crippen LogP contribution in [-0.4, -0.2) is 40.6 Å². The molecule has 0 aromatic carbocycles. The fourth-order valence-electron chi connectivity index (χ4n) is 1.82. The van der Waals surface area contributed by atoms with Gasteiger partial charge in [-0.15, -0.1) is 22.7 Å². The molecule has 22 heavy (non-hydrogen) atoms. The molecule has 2 heterocycles. The lowest BCUT2D eigenvalue weighted by molar-refractivity contribution is 0.0691. The van der Waals surface area contributed by atoms with E-state index in [-0.39, 0.29) is 17.8 Å². The lowest BCUT2D eigenvalue weighted by Gasteiger charge is -2.24. The first kappa shape index (κ1) is 16.4. The molecule has 1 unspecified atom stereocenters. The first-order chi connectivity index (χ1) is 10.5. The fraction of sp³-hybridized carbons (Fsp3) is 0.357. The Balaban J connectivity index is 1.80. The zero-order valence-electron chi connectivity index (χ0n) is 12.3. The molecule has 1 atom stereocenters. The lowest BCUT2D eigenvalue weighted by atomic mass is 10.2. The van der Waals surface area contributed by atoms with Gasteiger partial charge in [-0.25, -0.2) is 14.6 Å². The monoisotopic (exact) mass is 339 g/mol. The first-order valence-electron chi connectivity index (χ1n) is 6.70. The SMILES string of the molecule is CC(c1cccs1)N(C)C(=O)NCCc1nc(C(=O)O)cs1. The Morgan fingerprint density at radius 2 is 2.23 bits per heavy atom. The van der Waals surface area contributed by atoms with E-state index in [1.807, 2.05) is 24.4 Å². The molecule has 2 rings (SSSR count). The largest absolute Gasteiger partial charge is 0.476 e. The van der Waals surface area contributed by atoms with Crippen molar-refractivity contribution in [3.05, 3.63) is 38.5 Å². The molecule has 0 radical (unpaired) electrons. The van der Waals surface area contributed by atoms with Crippen LogP contribution in [-0.2, 0) is 6.42 Å². The molecular formula is C14H17N3O3S2. The van der Waals surface area contributed by atoms with Crippen LogP contribution in [0.15, 0.2) is 22.9 Å². The molecule has 0 aliphatic carbocycles. The third kappa shape index (κ3) is 4.05. The number of thiophene rings is 1. The van der Waals surface area contributed by atoms with Crippen LogP contribution in [0.25, 0.3) is 0 Å². The van der Waals surface area contributed by atoms with Gasteiger partial charge < -0.3 is 15.3 Å². The molecule has 2 N–H and O–H groups in total. The maximum atomic E-state index is 12.1. The van der Waals surface area contributed by atoms with Crippen molar-refractivity contribution in [2.45, 2.75) is 19.4 Å². The fourth-order valence-corrected chi connectivity index (χ4v) is 3.42. The number of hydrogen-bond acceptors (Lipinski definition) is 5. The summed E-state index contributed by atoms with van der Waals surface area (Å²) in [5.74, 6) is -1.03. The average Bonchev–Trinajstić information content (AvgIpc) is 3.16. The van der Waals surface area contributed by atoms with Gasteiger partial charge in [0.1, 0.15) is 0 Å². The van der Waals surface area contributed by atoms with Gasteiger partial charge >= 0.3 is 12.0 Å². The molecule has 0 fully saturated rings. The minimum atomic E-state index is -1.03. The molecule has 0 saturated carbocycles. The third-order valence-electron chi connectivity index (χ3n) is 3.24. The number of hydrogen-bond donors (Lipinski definition) is 2. The van der Waals surface area contributed by atoms with E-state index >= 15 is 0 Å².